The first-order valence-corrected chi connectivity index (χ1v) is 5.23. The van der Waals surface area contributed by atoms with E-state index < -0.39 is 11.6 Å². The Bertz CT molecular complexity index is 607. The molecule has 2 rings (SSSR count). The Hall–Kier alpha value is -2.15. The summed E-state index contributed by atoms with van der Waals surface area (Å²) in [4.78, 5) is 7.66. The Labute approximate surface area is 106 Å². The fourth-order valence-corrected chi connectivity index (χ4v) is 1.29. The van der Waals surface area contributed by atoms with E-state index in [1.807, 2.05) is 0 Å². The molecule has 0 bridgehead atoms. The minimum atomic E-state index is -0.722. The van der Waals surface area contributed by atoms with Crippen LogP contribution in [0.4, 0.5) is 8.78 Å². The summed E-state index contributed by atoms with van der Waals surface area (Å²) in [7, 11) is 0. The highest BCUT2D eigenvalue weighted by Gasteiger charge is 2.09. The lowest BCUT2D eigenvalue weighted by Crippen LogP contribution is -2.12. The molecule has 0 aliphatic heterocycles. The second-order valence-electron chi connectivity index (χ2n) is 3.27. The molecule has 0 atom stereocenters. The molecule has 0 saturated carbocycles. The number of hydrogen-bond acceptors (Lipinski definition) is 4. The van der Waals surface area contributed by atoms with Gasteiger partial charge in [0, 0.05) is 12.3 Å². The van der Waals surface area contributed by atoms with Crippen molar-refractivity contribution in [3.63, 3.8) is 0 Å². The lowest BCUT2D eigenvalue weighted by molar-refractivity contribution is 0.406. The van der Waals surface area contributed by atoms with Crippen molar-refractivity contribution in [2.75, 3.05) is 0 Å². The zero-order valence-electron chi connectivity index (χ0n) is 8.93. The molecule has 0 spiro atoms. The third kappa shape index (κ3) is 2.75. The van der Waals surface area contributed by atoms with Crippen LogP contribution in [0.2, 0.25) is 0 Å². The Kier molecular flexibility index (Phi) is 3.42. The minimum absolute atomic E-state index is 0.0574. The number of nitrogens with zero attached hydrogens (tertiary/aromatic N) is 2. The molecular formula is C11H7F2N3OS. The summed E-state index contributed by atoms with van der Waals surface area (Å²) >= 11 is 4.73. The standard InChI is InChI=1S/C11H7F2N3OS/c12-6-1-2-7(13)9(5-6)17-11-15-4-3-8(16-11)10(14)18/h1-5H,(H2,14,18). The summed E-state index contributed by atoms with van der Waals surface area (Å²) in [6.07, 6.45) is 1.36. The molecule has 0 saturated heterocycles. The number of thiocarbonyl (C=S) groups is 1. The zero-order chi connectivity index (χ0) is 13.1. The van der Waals surface area contributed by atoms with Gasteiger partial charge in [-0.1, -0.05) is 12.2 Å². The van der Waals surface area contributed by atoms with Gasteiger partial charge in [0.05, 0.1) is 0 Å². The van der Waals surface area contributed by atoms with Gasteiger partial charge in [-0.15, -0.1) is 0 Å². The average Bonchev–Trinajstić information content (AvgIpc) is 2.34. The maximum Gasteiger partial charge on any atom is 0.322 e. The monoisotopic (exact) mass is 267 g/mol. The largest absolute Gasteiger partial charge is 0.421 e. The van der Waals surface area contributed by atoms with Crippen molar-refractivity contribution in [2.45, 2.75) is 0 Å². The quantitative estimate of drug-likeness (QED) is 0.864. The highest BCUT2D eigenvalue weighted by atomic mass is 32.1. The molecule has 0 radical (unpaired) electrons. The van der Waals surface area contributed by atoms with Crippen LogP contribution in [-0.2, 0) is 0 Å². The van der Waals surface area contributed by atoms with Crippen LogP contribution in [0.25, 0.3) is 0 Å². The van der Waals surface area contributed by atoms with Crippen LogP contribution in [0, 0.1) is 11.6 Å². The number of nitrogens with two attached hydrogens (primary N) is 1. The van der Waals surface area contributed by atoms with Crippen LogP contribution in [0.3, 0.4) is 0 Å². The van der Waals surface area contributed by atoms with Crippen molar-refractivity contribution in [3.8, 4) is 11.8 Å². The van der Waals surface area contributed by atoms with Crippen LogP contribution >= 0.6 is 12.2 Å². The molecule has 0 fully saturated rings. The summed E-state index contributed by atoms with van der Waals surface area (Å²) in [6, 6.07) is 4.14. The number of aromatic nitrogens is 2. The summed E-state index contributed by atoms with van der Waals surface area (Å²) in [5, 5.41) is 0. The second-order valence-corrected chi connectivity index (χ2v) is 3.71. The number of rotatable bonds is 3. The molecule has 2 N–H and O–H groups in total. The van der Waals surface area contributed by atoms with Gasteiger partial charge in [0.2, 0.25) is 0 Å². The van der Waals surface area contributed by atoms with Crippen LogP contribution in [0.5, 0.6) is 11.8 Å². The van der Waals surface area contributed by atoms with E-state index in [1.165, 1.54) is 12.3 Å². The van der Waals surface area contributed by atoms with E-state index in [0.717, 1.165) is 18.2 Å². The zero-order valence-corrected chi connectivity index (χ0v) is 9.75. The summed E-state index contributed by atoms with van der Waals surface area (Å²) in [5.41, 5.74) is 5.67. The molecule has 1 heterocycles. The Morgan fingerprint density at radius 3 is 2.78 bits per heavy atom. The van der Waals surface area contributed by atoms with Crippen molar-refractivity contribution in [1.82, 2.24) is 9.97 Å². The fraction of sp³-hybridized carbons (Fsp3) is 0. The molecule has 0 aliphatic carbocycles. The predicted molar refractivity (Wildman–Crippen MR) is 64.4 cm³/mol. The summed E-state index contributed by atoms with van der Waals surface area (Å²) < 4.78 is 31.3. The molecule has 0 amide bonds. The van der Waals surface area contributed by atoms with E-state index in [-0.39, 0.29) is 22.4 Å². The van der Waals surface area contributed by atoms with Crippen LogP contribution in [0.1, 0.15) is 5.69 Å². The first kappa shape index (κ1) is 12.3. The highest BCUT2D eigenvalue weighted by molar-refractivity contribution is 7.80. The van der Waals surface area contributed by atoms with Crippen molar-refractivity contribution in [1.29, 1.82) is 0 Å². The smallest absolute Gasteiger partial charge is 0.322 e. The molecule has 0 aliphatic rings. The summed E-state index contributed by atoms with van der Waals surface area (Å²) in [5.74, 6) is -1.66. The van der Waals surface area contributed by atoms with Gasteiger partial charge < -0.3 is 10.5 Å². The van der Waals surface area contributed by atoms with Crippen LogP contribution in [0.15, 0.2) is 30.5 Å². The van der Waals surface area contributed by atoms with Gasteiger partial charge in [-0.3, -0.25) is 0 Å². The topological polar surface area (TPSA) is 61.0 Å². The van der Waals surface area contributed by atoms with E-state index in [4.69, 9.17) is 22.7 Å². The average molecular weight is 267 g/mol. The van der Waals surface area contributed by atoms with Crippen LogP contribution < -0.4 is 10.5 Å². The maximum atomic E-state index is 13.3. The van der Waals surface area contributed by atoms with Gasteiger partial charge in [-0.2, -0.15) is 4.98 Å². The van der Waals surface area contributed by atoms with E-state index in [1.54, 1.807) is 0 Å². The van der Waals surface area contributed by atoms with Gasteiger partial charge in [-0.25, -0.2) is 13.8 Å². The Morgan fingerprint density at radius 1 is 1.28 bits per heavy atom. The number of benzene rings is 1. The van der Waals surface area contributed by atoms with Crippen molar-refractivity contribution in [3.05, 3.63) is 47.8 Å². The molecule has 7 heteroatoms. The van der Waals surface area contributed by atoms with Crippen molar-refractivity contribution >= 4 is 17.2 Å². The van der Waals surface area contributed by atoms with E-state index in [2.05, 4.69) is 9.97 Å². The van der Waals surface area contributed by atoms with Crippen LogP contribution in [-0.4, -0.2) is 15.0 Å². The molecule has 4 nitrogen and oxygen atoms in total. The van der Waals surface area contributed by atoms with Gasteiger partial charge in [0.15, 0.2) is 11.6 Å². The normalized spacial score (nSPS) is 10.1. The lowest BCUT2D eigenvalue weighted by atomic mass is 10.3. The summed E-state index contributed by atoms with van der Waals surface area (Å²) in [6.45, 7) is 0. The maximum absolute atomic E-state index is 13.3. The Morgan fingerprint density at radius 2 is 2.06 bits per heavy atom. The Balaban J connectivity index is 2.31. The van der Waals surface area contributed by atoms with Gasteiger partial charge in [0.1, 0.15) is 16.5 Å². The molecule has 0 unspecified atom stereocenters. The predicted octanol–water partition coefficient (Wildman–Crippen LogP) is 2.18. The minimum Gasteiger partial charge on any atom is -0.421 e. The first-order chi connectivity index (χ1) is 8.56. The third-order valence-electron chi connectivity index (χ3n) is 1.98. The van der Waals surface area contributed by atoms with E-state index in [9.17, 15) is 8.78 Å². The number of ether oxygens (including phenoxy) is 1. The SMILES string of the molecule is NC(=S)c1ccnc(Oc2cc(F)ccc2F)n1. The molecule has 1 aromatic carbocycles. The fourth-order valence-electron chi connectivity index (χ4n) is 1.18. The van der Waals surface area contributed by atoms with E-state index in [0.29, 0.717) is 0 Å². The third-order valence-corrected chi connectivity index (χ3v) is 2.19. The van der Waals surface area contributed by atoms with Crippen molar-refractivity contribution < 1.29 is 13.5 Å². The highest BCUT2D eigenvalue weighted by Crippen LogP contribution is 2.22. The molecule has 2 aromatic rings. The molecule has 92 valence electrons. The van der Waals surface area contributed by atoms with Gasteiger partial charge in [0.25, 0.3) is 0 Å². The van der Waals surface area contributed by atoms with Crippen molar-refractivity contribution in [2.24, 2.45) is 5.73 Å². The molecular weight excluding hydrogens is 260 g/mol. The molecule has 1 aromatic heterocycles. The molecule has 18 heavy (non-hydrogen) atoms. The number of hydrogen-bond donors (Lipinski definition) is 1. The first-order valence-electron chi connectivity index (χ1n) is 4.82. The van der Waals surface area contributed by atoms with Gasteiger partial charge in [-0.05, 0) is 18.2 Å². The number of halogens is 2. The second kappa shape index (κ2) is 5.01. The van der Waals surface area contributed by atoms with Gasteiger partial charge >= 0.3 is 6.01 Å². The van der Waals surface area contributed by atoms with E-state index >= 15 is 0 Å². The lowest BCUT2D eigenvalue weighted by Gasteiger charge is -2.05.